The third-order valence-corrected chi connectivity index (χ3v) is 5.25. The maximum atomic E-state index is 11.5. The average molecular weight is 505 g/mol. The lowest BCUT2D eigenvalue weighted by atomic mass is 10.2. The highest BCUT2D eigenvalue weighted by Crippen LogP contribution is 2.35. The molecule has 1 heterocycles. The fourth-order valence-corrected chi connectivity index (χ4v) is 3.49. The molecule has 0 aliphatic heterocycles. The van der Waals surface area contributed by atoms with E-state index in [1.54, 1.807) is 66.9 Å². The highest BCUT2D eigenvalue weighted by atomic mass is 35.5. The predicted octanol–water partition coefficient (Wildman–Crippen LogP) is 6.39. The largest absolute Gasteiger partial charge is 0.487 e. The number of aromatic nitrogens is 3. The first-order valence-electron chi connectivity index (χ1n) is 9.58. The van der Waals surface area contributed by atoms with E-state index in [0.29, 0.717) is 49.3 Å². The quantitative estimate of drug-likeness (QED) is 0.272. The van der Waals surface area contributed by atoms with Crippen molar-refractivity contribution < 1.29 is 19.0 Å². The van der Waals surface area contributed by atoms with Crippen molar-refractivity contribution in [3.8, 4) is 22.9 Å². The van der Waals surface area contributed by atoms with Crippen LogP contribution in [0.25, 0.3) is 5.69 Å². The Hall–Kier alpha value is -3.26. The number of rotatable bonds is 7. The van der Waals surface area contributed by atoms with Gasteiger partial charge in [-0.25, -0.2) is 9.48 Å². The van der Waals surface area contributed by atoms with Crippen LogP contribution in [0.1, 0.15) is 16.1 Å². The molecule has 168 valence electrons. The van der Waals surface area contributed by atoms with E-state index in [1.807, 2.05) is 0 Å². The lowest BCUT2D eigenvalue weighted by Crippen LogP contribution is -2.01. The minimum atomic E-state index is -0.413. The number of hydrogen-bond acceptors (Lipinski definition) is 6. The Kier molecular flexibility index (Phi) is 7.03. The molecule has 0 fully saturated rings. The lowest BCUT2D eigenvalue weighted by Gasteiger charge is -2.12. The Morgan fingerprint density at radius 3 is 2.33 bits per heavy atom. The van der Waals surface area contributed by atoms with Gasteiger partial charge in [0.05, 0.1) is 23.9 Å². The van der Waals surface area contributed by atoms with Gasteiger partial charge in [0, 0.05) is 10.0 Å². The van der Waals surface area contributed by atoms with Crippen molar-refractivity contribution in [3.63, 3.8) is 0 Å². The molecule has 0 saturated heterocycles. The molecule has 1 aromatic heterocycles. The second-order valence-electron chi connectivity index (χ2n) is 6.75. The van der Waals surface area contributed by atoms with Crippen molar-refractivity contribution in [1.82, 2.24) is 15.0 Å². The molecule has 0 saturated carbocycles. The summed E-state index contributed by atoms with van der Waals surface area (Å²) in [5, 5.41) is 9.68. The van der Waals surface area contributed by atoms with Crippen molar-refractivity contribution in [2.75, 3.05) is 7.11 Å². The van der Waals surface area contributed by atoms with Gasteiger partial charge in [-0.1, -0.05) is 40.0 Å². The summed E-state index contributed by atoms with van der Waals surface area (Å²) in [6, 6.07) is 16.7. The summed E-state index contributed by atoms with van der Waals surface area (Å²) in [6.45, 7) is 0.164. The third kappa shape index (κ3) is 5.57. The fourth-order valence-electron chi connectivity index (χ4n) is 2.88. The van der Waals surface area contributed by atoms with E-state index < -0.39 is 5.97 Å². The van der Waals surface area contributed by atoms with E-state index in [-0.39, 0.29) is 6.61 Å². The van der Waals surface area contributed by atoms with E-state index in [1.165, 1.54) is 11.8 Å². The van der Waals surface area contributed by atoms with Crippen molar-refractivity contribution in [3.05, 3.63) is 93.2 Å². The first-order valence-corrected chi connectivity index (χ1v) is 10.7. The standard InChI is InChI=1S/C23H16Cl3N3O4/c1-31-23(30)14-2-6-18(7-3-14)32-13-17-12-29(28-27-17)20-11-16(25)5-9-22(20)33-21-8-4-15(24)10-19(21)26/h2-12H,13H2,1H3. The molecule has 0 aliphatic rings. The molecule has 4 aromatic rings. The smallest absolute Gasteiger partial charge is 0.337 e. The van der Waals surface area contributed by atoms with Gasteiger partial charge in [0.2, 0.25) is 0 Å². The van der Waals surface area contributed by atoms with Gasteiger partial charge in [-0.3, -0.25) is 0 Å². The van der Waals surface area contributed by atoms with Gasteiger partial charge in [-0.15, -0.1) is 5.10 Å². The molecule has 3 aromatic carbocycles. The van der Waals surface area contributed by atoms with Crippen LogP contribution < -0.4 is 9.47 Å². The van der Waals surface area contributed by atoms with Gasteiger partial charge < -0.3 is 14.2 Å². The minimum absolute atomic E-state index is 0.164. The summed E-state index contributed by atoms with van der Waals surface area (Å²) in [7, 11) is 1.33. The number of esters is 1. The molecule has 4 rings (SSSR count). The van der Waals surface area contributed by atoms with Crippen molar-refractivity contribution >= 4 is 40.8 Å². The molecular formula is C23H16Cl3N3O4. The lowest BCUT2D eigenvalue weighted by molar-refractivity contribution is 0.0600. The van der Waals surface area contributed by atoms with Crippen LogP contribution in [0, 0.1) is 0 Å². The Bertz CT molecular complexity index is 1290. The predicted molar refractivity (Wildman–Crippen MR) is 125 cm³/mol. The topological polar surface area (TPSA) is 75.5 Å². The van der Waals surface area contributed by atoms with Gasteiger partial charge in [-0.05, 0) is 60.7 Å². The molecule has 7 nitrogen and oxygen atoms in total. The van der Waals surface area contributed by atoms with E-state index in [9.17, 15) is 4.79 Å². The zero-order valence-electron chi connectivity index (χ0n) is 17.2. The highest BCUT2D eigenvalue weighted by molar-refractivity contribution is 6.35. The van der Waals surface area contributed by atoms with Crippen LogP contribution in [0.3, 0.4) is 0 Å². The number of halogens is 3. The van der Waals surface area contributed by atoms with Crippen molar-refractivity contribution in [2.24, 2.45) is 0 Å². The zero-order valence-corrected chi connectivity index (χ0v) is 19.4. The Morgan fingerprint density at radius 1 is 0.939 bits per heavy atom. The summed E-state index contributed by atoms with van der Waals surface area (Å²) < 4.78 is 17.9. The number of hydrogen-bond donors (Lipinski definition) is 0. The maximum absolute atomic E-state index is 11.5. The summed E-state index contributed by atoms with van der Waals surface area (Å²) in [6.07, 6.45) is 1.70. The molecular weight excluding hydrogens is 489 g/mol. The SMILES string of the molecule is COC(=O)c1ccc(OCc2cn(-c3cc(Cl)ccc3Oc3ccc(Cl)cc3Cl)nn2)cc1. The summed E-state index contributed by atoms with van der Waals surface area (Å²) in [4.78, 5) is 11.5. The number of carbonyl (C=O) groups excluding carboxylic acids is 1. The number of methoxy groups -OCH3 is 1. The van der Waals surface area contributed by atoms with Crippen LogP contribution in [-0.2, 0) is 11.3 Å². The van der Waals surface area contributed by atoms with Gasteiger partial charge >= 0.3 is 5.97 Å². The first-order chi connectivity index (χ1) is 15.9. The summed E-state index contributed by atoms with van der Waals surface area (Å²) in [5.74, 6) is 1.06. The van der Waals surface area contributed by atoms with Gasteiger partial charge in [0.25, 0.3) is 0 Å². The van der Waals surface area contributed by atoms with Crippen LogP contribution >= 0.6 is 34.8 Å². The third-order valence-electron chi connectivity index (χ3n) is 4.48. The average Bonchev–Trinajstić information content (AvgIpc) is 3.29. The van der Waals surface area contributed by atoms with Gasteiger partial charge in [0.15, 0.2) is 5.75 Å². The zero-order chi connectivity index (χ0) is 23.4. The molecule has 0 radical (unpaired) electrons. The number of benzene rings is 3. The van der Waals surface area contributed by atoms with Crippen LogP contribution in [-0.4, -0.2) is 28.1 Å². The van der Waals surface area contributed by atoms with E-state index in [2.05, 4.69) is 15.0 Å². The van der Waals surface area contributed by atoms with Gasteiger partial charge in [-0.2, -0.15) is 0 Å². The van der Waals surface area contributed by atoms with Crippen molar-refractivity contribution in [1.29, 1.82) is 0 Å². The number of ether oxygens (including phenoxy) is 3. The summed E-state index contributed by atoms with van der Waals surface area (Å²) >= 11 is 18.4. The molecule has 0 aliphatic carbocycles. The van der Waals surface area contributed by atoms with Crippen LogP contribution in [0.15, 0.2) is 66.9 Å². The van der Waals surface area contributed by atoms with Crippen molar-refractivity contribution in [2.45, 2.75) is 6.61 Å². The second-order valence-corrected chi connectivity index (χ2v) is 8.03. The van der Waals surface area contributed by atoms with Gasteiger partial charge in [0.1, 0.15) is 29.5 Å². The van der Waals surface area contributed by atoms with E-state index in [4.69, 9.17) is 44.3 Å². The molecule has 0 atom stereocenters. The molecule has 0 amide bonds. The van der Waals surface area contributed by atoms with Crippen LogP contribution in [0.2, 0.25) is 15.1 Å². The summed E-state index contributed by atoms with van der Waals surface area (Å²) in [5.41, 5.74) is 1.57. The van der Waals surface area contributed by atoms with Crippen LogP contribution in [0.5, 0.6) is 17.2 Å². The Labute approximate surface area is 204 Å². The first kappa shape index (κ1) is 22.9. The monoisotopic (exact) mass is 503 g/mol. The Balaban J connectivity index is 1.51. The van der Waals surface area contributed by atoms with E-state index in [0.717, 1.165) is 0 Å². The van der Waals surface area contributed by atoms with E-state index >= 15 is 0 Å². The second kappa shape index (κ2) is 10.1. The molecule has 10 heteroatoms. The minimum Gasteiger partial charge on any atom is -0.487 e. The molecule has 0 spiro atoms. The maximum Gasteiger partial charge on any atom is 0.337 e. The highest BCUT2D eigenvalue weighted by Gasteiger charge is 2.13. The molecule has 0 bridgehead atoms. The normalized spacial score (nSPS) is 10.7. The molecule has 0 N–H and O–H groups in total. The molecule has 0 unspecified atom stereocenters. The Morgan fingerprint density at radius 2 is 1.64 bits per heavy atom. The fraction of sp³-hybridized carbons (Fsp3) is 0.0870. The van der Waals surface area contributed by atoms with Crippen LogP contribution in [0.4, 0.5) is 0 Å². The molecule has 33 heavy (non-hydrogen) atoms. The number of nitrogens with zero attached hydrogens (tertiary/aromatic N) is 3. The number of carbonyl (C=O) groups is 1.